The maximum absolute atomic E-state index is 12.0. The summed E-state index contributed by atoms with van der Waals surface area (Å²) in [7, 11) is 0. The molecule has 6 nitrogen and oxygen atoms in total. The Morgan fingerprint density at radius 2 is 1.09 bits per heavy atom. The van der Waals surface area contributed by atoms with E-state index in [4.69, 9.17) is 9.47 Å². The molecular formula is C16H26N2O4. The minimum absolute atomic E-state index is 0.0318. The van der Waals surface area contributed by atoms with Gasteiger partial charge in [0.2, 0.25) is 11.8 Å². The molecule has 22 heavy (non-hydrogen) atoms. The van der Waals surface area contributed by atoms with E-state index in [9.17, 15) is 9.59 Å². The van der Waals surface area contributed by atoms with Crippen LogP contribution >= 0.6 is 0 Å². The number of ether oxygens (including phenoxy) is 2. The van der Waals surface area contributed by atoms with E-state index in [0.29, 0.717) is 13.2 Å². The second-order valence-electron chi connectivity index (χ2n) is 6.57. The van der Waals surface area contributed by atoms with Crippen LogP contribution in [0.1, 0.15) is 51.4 Å². The number of hydrogen-bond acceptors (Lipinski definition) is 4. The second-order valence-corrected chi connectivity index (χ2v) is 6.57. The lowest BCUT2D eigenvalue weighted by atomic mass is 9.90. The highest BCUT2D eigenvalue weighted by Crippen LogP contribution is 2.21. The molecule has 3 fully saturated rings. The van der Waals surface area contributed by atoms with Crippen LogP contribution in [0.25, 0.3) is 0 Å². The number of carbonyl (C=O) groups excluding carboxylic acids is 2. The van der Waals surface area contributed by atoms with Crippen molar-refractivity contribution in [2.24, 2.45) is 0 Å². The number of nitrogens with one attached hydrogen (secondary N) is 2. The first kappa shape index (κ1) is 15.7. The van der Waals surface area contributed by atoms with Gasteiger partial charge in [-0.2, -0.15) is 0 Å². The SMILES string of the molecule is O=C(NC1CCC(NC(=O)C2CCCO2)CC1)C1CCCO1. The molecule has 0 aromatic heterocycles. The van der Waals surface area contributed by atoms with Crippen molar-refractivity contribution in [3.63, 3.8) is 0 Å². The van der Waals surface area contributed by atoms with E-state index in [1.165, 1.54) is 0 Å². The molecule has 124 valence electrons. The molecule has 3 aliphatic rings. The Balaban J connectivity index is 1.36. The topological polar surface area (TPSA) is 76.7 Å². The average Bonchev–Trinajstić information content (AvgIpc) is 3.23. The minimum atomic E-state index is -0.253. The number of carbonyl (C=O) groups is 2. The van der Waals surface area contributed by atoms with E-state index in [-0.39, 0.29) is 36.1 Å². The third kappa shape index (κ3) is 3.98. The summed E-state index contributed by atoms with van der Waals surface area (Å²) in [6.07, 6.45) is 6.75. The molecule has 1 aliphatic carbocycles. The quantitative estimate of drug-likeness (QED) is 0.808. The Kier molecular flexibility index (Phi) is 5.31. The van der Waals surface area contributed by atoms with Crippen molar-refractivity contribution in [2.75, 3.05) is 13.2 Å². The third-order valence-electron chi connectivity index (χ3n) is 4.86. The van der Waals surface area contributed by atoms with Gasteiger partial charge in [-0.1, -0.05) is 0 Å². The number of rotatable bonds is 4. The molecule has 2 N–H and O–H groups in total. The molecule has 0 radical (unpaired) electrons. The van der Waals surface area contributed by atoms with Crippen molar-refractivity contribution >= 4 is 11.8 Å². The molecule has 0 spiro atoms. The first-order valence-corrected chi connectivity index (χ1v) is 8.56. The smallest absolute Gasteiger partial charge is 0.249 e. The van der Waals surface area contributed by atoms with Crippen molar-refractivity contribution in [2.45, 2.75) is 75.7 Å². The zero-order chi connectivity index (χ0) is 15.4. The van der Waals surface area contributed by atoms with Crippen LogP contribution in [-0.4, -0.2) is 49.3 Å². The Bertz CT molecular complexity index is 357. The highest BCUT2D eigenvalue weighted by molar-refractivity contribution is 5.81. The molecular weight excluding hydrogens is 284 g/mol. The van der Waals surface area contributed by atoms with Crippen molar-refractivity contribution in [3.05, 3.63) is 0 Å². The highest BCUT2D eigenvalue weighted by Gasteiger charge is 2.30. The van der Waals surface area contributed by atoms with E-state index < -0.39 is 0 Å². The van der Waals surface area contributed by atoms with Crippen LogP contribution in [0.2, 0.25) is 0 Å². The zero-order valence-corrected chi connectivity index (χ0v) is 13.0. The average molecular weight is 310 g/mol. The summed E-state index contributed by atoms with van der Waals surface area (Å²) >= 11 is 0. The van der Waals surface area contributed by atoms with Crippen LogP contribution in [0.4, 0.5) is 0 Å². The van der Waals surface area contributed by atoms with Gasteiger partial charge in [-0.3, -0.25) is 9.59 Å². The molecule has 2 atom stereocenters. The minimum Gasteiger partial charge on any atom is -0.368 e. The van der Waals surface area contributed by atoms with Crippen LogP contribution in [0, 0.1) is 0 Å². The summed E-state index contributed by atoms with van der Waals surface area (Å²) in [5, 5.41) is 6.18. The van der Waals surface area contributed by atoms with Gasteiger partial charge in [0, 0.05) is 25.3 Å². The maximum atomic E-state index is 12.0. The van der Waals surface area contributed by atoms with Crippen molar-refractivity contribution in [1.82, 2.24) is 10.6 Å². The van der Waals surface area contributed by atoms with E-state index in [0.717, 1.165) is 51.4 Å². The molecule has 1 saturated carbocycles. The first-order chi connectivity index (χ1) is 10.7. The summed E-state index contributed by atoms with van der Waals surface area (Å²) in [4.78, 5) is 24.0. The summed E-state index contributed by atoms with van der Waals surface area (Å²) in [6.45, 7) is 1.39. The Hall–Kier alpha value is -1.14. The van der Waals surface area contributed by atoms with Gasteiger partial charge in [-0.05, 0) is 51.4 Å². The molecule has 2 aliphatic heterocycles. The molecule has 2 unspecified atom stereocenters. The van der Waals surface area contributed by atoms with Gasteiger partial charge in [-0.25, -0.2) is 0 Å². The normalized spacial score (nSPS) is 35.3. The number of hydrogen-bond donors (Lipinski definition) is 2. The predicted molar refractivity (Wildman–Crippen MR) is 80.3 cm³/mol. The molecule has 0 aromatic carbocycles. The third-order valence-corrected chi connectivity index (χ3v) is 4.86. The van der Waals surface area contributed by atoms with E-state index in [2.05, 4.69) is 10.6 Å². The lowest BCUT2D eigenvalue weighted by Gasteiger charge is -2.30. The summed E-state index contributed by atoms with van der Waals surface area (Å²) in [5.74, 6) is 0.0636. The van der Waals surface area contributed by atoms with E-state index >= 15 is 0 Å². The molecule has 6 heteroatoms. The Labute approximate surface area is 131 Å². The van der Waals surface area contributed by atoms with Gasteiger partial charge in [0.15, 0.2) is 0 Å². The summed E-state index contributed by atoms with van der Waals surface area (Å²) < 4.78 is 10.8. The largest absolute Gasteiger partial charge is 0.368 e. The molecule has 0 bridgehead atoms. The first-order valence-electron chi connectivity index (χ1n) is 8.56. The van der Waals surface area contributed by atoms with Crippen LogP contribution in [0.3, 0.4) is 0 Å². The van der Waals surface area contributed by atoms with Crippen molar-refractivity contribution in [1.29, 1.82) is 0 Å². The van der Waals surface area contributed by atoms with Crippen LogP contribution in [0.5, 0.6) is 0 Å². The molecule has 2 heterocycles. The van der Waals surface area contributed by atoms with Gasteiger partial charge in [-0.15, -0.1) is 0 Å². The highest BCUT2D eigenvalue weighted by atomic mass is 16.5. The standard InChI is InChI=1S/C16H26N2O4/c19-15(13-3-1-9-21-13)17-11-5-7-12(8-6-11)18-16(20)14-4-2-10-22-14/h11-14H,1-10H2,(H,17,19)(H,18,20). The van der Waals surface area contributed by atoms with Crippen molar-refractivity contribution < 1.29 is 19.1 Å². The van der Waals surface area contributed by atoms with Crippen LogP contribution < -0.4 is 10.6 Å². The lowest BCUT2D eigenvalue weighted by molar-refractivity contribution is -0.132. The fourth-order valence-corrected chi connectivity index (χ4v) is 3.54. The maximum Gasteiger partial charge on any atom is 0.249 e. The molecule has 3 rings (SSSR count). The molecule has 2 saturated heterocycles. The predicted octanol–water partition coefficient (Wildman–Crippen LogP) is 0.888. The van der Waals surface area contributed by atoms with Gasteiger partial charge in [0.1, 0.15) is 12.2 Å². The molecule has 0 aromatic rings. The van der Waals surface area contributed by atoms with Gasteiger partial charge >= 0.3 is 0 Å². The van der Waals surface area contributed by atoms with Gasteiger partial charge < -0.3 is 20.1 Å². The monoisotopic (exact) mass is 310 g/mol. The Morgan fingerprint density at radius 1 is 0.682 bits per heavy atom. The fraction of sp³-hybridized carbons (Fsp3) is 0.875. The summed E-state index contributed by atoms with van der Waals surface area (Å²) in [6, 6.07) is 0.431. The van der Waals surface area contributed by atoms with Gasteiger partial charge in [0.25, 0.3) is 0 Å². The van der Waals surface area contributed by atoms with Gasteiger partial charge in [0.05, 0.1) is 0 Å². The van der Waals surface area contributed by atoms with E-state index in [1.54, 1.807) is 0 Å². The second kappa shape index (κ2) is 7.42. The van der Waals surface area contributed by atoms with Crippen LogP contribution in [-0.2, 0) is 19.1 Å². The lowest BCUT2D eigenvalue weighted by Crippen LogP contribution is -2.47. The summed E-state index contributed by atoms with van der Waals surface area (Å²) in [5.41, 5.74) is 0. The molecule has 2 amide bonds. The number of amides is 2. The van der Waals surface area contributed by atoms with Crippen molar-refractivity contribution in [3.8, 4) is 0 Å². The fourth-order valence-electron chi connectivity index (χ4n) is 3.54. The van der Waals surface area contributed by atoms with E-state index in [1.807, 2.05) is 0 Å². The van der Waals surface area contributed by atoms with Crippen LogP contribution in [0.15, 0.2) is 0 Å². The zero-order valence-electron chi connectivity index (χ0n) is 13.0. The Morgan fingerprint density at radius 3 is 1.41 bits per heavy atom.